The molecule has 0 radical (unpaired) electrons. The van der Waals surface area contributed by atoms with Gasteiger partial charge in [-0.25, -0.2) is 23.7 Å². The van der Waals surface area contributed by atoms with Gasteiger partial charge in [0.1, 0.15) is 12.2 Å². The van der Waals surface area contributed by atoms with E-state index in [2.05, 4.69) is 19.9 Å². The predicted octanol–water partition coefficient (Wildman–Crippen LogP) is 2.89. The van der Waals surface area contributed by atoms with Gasteiger partial charge in [-0.1, -0.05) is 0 Å². The number of nitrogens with one attached hydrogen (secondary N) is 2. The minimum Gasteiger partial charge on any atom is -0.337 e. The minimum absolute atomic E-state index is 0.384. The molecule has 0 spiro atoms. The maximum absolute atomic E-state index is 12.2. The molecule has 2 aromatic rings. The number of allylic oxidation sites excluding steroid dienone is 1. The Morgan fingerprint density at radius 1 is 1.40 bits per heavy atom. The predicted molar refractivity (Wildman–Crippen MR) is 74.2 cm³/mol. The third-order valence-corrected chi connectivity index (χ3v) is 3.02. The van der Waals surface area contributed by atoms with Gasteiger partial charge >= 0.3 is 0 Å². The second-order valence-electron chi connectivity index (χ2n) is 3.72. The SMILES string of the molecule is CSc1cc(-c2cnc(/C=C\C(=N)C(F)F)[nH]2)ncn1. The number of imidazole rings is 1. The van der Waals surface area contributed by atoms with Crippen molar-refractivity contribution in [3.8, 4) is 11.4 Å². The average Bonchev–Trinajstić information content (AvgIpc) is 2.93. The van der Waals surface area contributed by atoms with Gasteiger partial charge in [-0.05, 0) is 24.5 Å². The average molecular weight is 295 g/mol. The Hall–Kier alpha value is -2.09. The molecule has 2 aromatic heterocycles. The van der Waals surface area contributed by atoms with Gasteiger partial charge in [0.2, 0.25) is 0 Å². The van der Waals surface area contributed by atoms with Crippen LogP contribution in [0.1, 0.15) is 5.82 Å². The molecule has 0 amide bonds. The Morgan fingerprint density at radius 2 is 2.20 bits per heavy atom. The van der Waals surface area contributed by atoms with E-state index >= 15 is 0 Å². The molecule has 0 unspecified atom stereocenters. The fraction of sp³-hybridized carbons (Fsp3) is 0.167. The van der Waals surface area contributed by atoms with Gasteiger partial charge in [0, 0.05) is 0 Å². The molecule has 2 heterocycles. The number of rotatable bonds is 5. The summed E-state index contributed by atoms with van der Waals surface area (Å²) in [6, 6.07) is 1.80. The van der Waals surface area contributed by atoms with Crippen molar-refractivity contribution in [3.63, 3.8) is 0 Å². The molecule has 0 aliphatic rings. The Labute approximate surface area is 118 Å². The molecule has 0 atom stereocenters. The van der Waals surface area contributed by atoms with E-state index in [0.29, 0.717) is 17.2 Å². The minimum atomic E-state index is -2.79. The first-order chi connectivity index (χ1) is 9.60. The van der Waals surface area contributed by atoms with Crippen LogP contribution in [0.4, 0.5) is 8.78 Å². The first kappa shape index (κ1) is 14.3. The van der Waals surface area contributed by atoms with Crippen LogP contribution in [0.5, 0.6) is 0 Å². The maximum Gasteiger partial charge on any atom is 0.279 e. The highest BCUT2D eigenvalue weighted by Gasteiger charge is 2.07. The lowest BCUT2D eigenvalue weighted by Gasteiger charge is -1.98. The summed E-state index contributed by atoms with van der Waals surface area (Å²) in [6.45, 7) is 0. The van der Waals surface area contributed by atoms with Crippen molar-refractivity contribution in [2.45, 2.75) is 11.5 Å². The highest BCUT2D eigenvalue weighted by atomic mass is 32.2. The van der Waals surface area contributed by atoms with Crippen LogP contribution in [0.2, 0.25) is 0 Å². The summed E-state index contributed by atoms with van der Waals surface area (Å²) in [5, 5.41) is 7.84. The molecule has 0 aliphatic carbocycles. The Balaban J connectivity index is 2.18. The molecule has 8 heteroatoms. The molecule has 0 bridgehead atoms. The van der Waals surface area contributed by atoms with Crippen molar-refractivity contribution in [1.82, 2.24) is 19.9 Å². The summed E-state index contributed by atoms with van der Waals surface area (Å²) in [4.78, 5) is 15.1. The van der Waals surface area contributed by atoms with E-state index in [-0.39, 0.29) is 0 Å². The molecule has 5 nitrogen and oxygen atoms in total. The highest BCUT2D eigenvalue weighted by molar-refractivity contribution is 7.98. The maximum atomic E-state index is 12.2. The van der Waals surface area contributed by atoms with Crippen LogP contribution in [0, 0.1) is 5.41 Å². The van der Waals surface area contributed by atoms with Crippen LogP contribution in [0.25, 0.3) is 17.5 Å². The fourth-order valence-electron chi connectivity index (χ4n) is 1.39. The first-order valence-electron chi connectivity index (χ1n) is 5.56. The molecular weight excluding hydrogens is 284 g/mol. The number of nitrogens with zero attached hydrogens (tertiary/aromatic N) is 3. The topological polar surface area (TPSA) is 78.3 Å². The van der Waals surface area contributed by atoms with Crippen molar-refractivity contribution in [2.75, 3.05) is 6.26 Å². The van der Waals surface area contributed by atoms with E-state index < -0.39 is 12.1 Å². The van der Waals surface area contributed by atoms with E-state index in [9.17, 15) is 8.78 Å². The van der Waals surface area contributed by atoms with E-state index in [1.54, 1.807) is 12.3 Å². The third kappa shape index (κ3) is 3.47. The first-order valence-corrected chi connectivity index (χ1v) is 6.78. The number of hydrogen-bond acceptors (Lipinski definition) is 5. The smallest absolute Gasteiger partial charge is 0.279 e. The number of hydrogen-bond donors (Lipinski definition) is 2. The van der Waals surface area contributed by atoms with E-state index in [1.165, 1.54) is 24.2 Å². The van der Waals surface area contributed by atoms with Crippen molar-refractivity contribution >= 4 is 23.5 Å². The van der Waals surface area contributed by atoms with Gasteiger partial charge in [0.05, 0.1) is 28.3 Å². The van der Waals surface area contributed by atoms with E-state index in [0.717, 1.165) is 11.1 Å². The van der Waals surface area contributed by atoms with Gasteiger partial charge in [0.15, 0.2) is 0 Å². The Morgan fingerprint density at radius 3 is 2.90 bits per heavy atom. The molecule has 2 rings (SSSR count). The zero-order chi connectivity index (χ0) is 14.5. The number of aromatic nitrogens is 4. The number of alkyl halides is 2. The Kier molecular flexibility index (Phi) is 4.57. The lowest BCUT2D eigenvalue weighted by Crippen LogP contribution is -2.03. The quantitative estimate of drug-likeness (QED) is 0.505. The van der Waals surface area contributed by atoms with Gasteiger partial charge in [0.25, 0.3) is 6.43 Å². The molecular formula is C12H11F2N5S. The molecule has 104 valence electrons. The molecule has 0 aromatic carbocycles. The molecule has 0 fully saturated rings. The van der Waals surface area contributed by atoms with Crippen LogP contribution >= 0.6 is 11.8 Å². The van der Waals surface area contributed by atoms with Crippen molar-refractivity contribution in [3.05, 3.63) is 30.5 Å². The number of thioether (sulfide) groups is 1. The second kappa shape index (κ2) is 6.38. The standard InChI is InChI=1S/C12H11F2N5S/c1-20-11-4-8(17-6-18-11)9-5-16-10(19-9)3-2-7(15)12(13)14/h2-6,12,15H,1H3,(H,16,19)/b3-2-,15-7?. The summed E-state index contributed by atoms with van der Waals surface area (Å²) in [5.74, 6) is 0.384. The van der Waals surface area contributed by atoms with Crippen LogP contribution in [0.15, 0.2) is 29.7 Å². The molecule has 0 aliphatic heterocycles. The lowest BCUT2D eigenvalue weighted by molar-refractivity contribution is 0.226. The van der Waals surface area contributed by atoms with Gasteiger partial charge < -0.3 is 4.98 Å². The zero-order valence-corrected chi connectivity index (χ0v) is 11.3. The highest BCUT2D eigenvalue weighted by Crippen LogP contribution is 2.19. The largest absolute Gasteiger partial charge is 0.337 e. The summed E-state index contributed by atoms with van der Waals surface area (Å²) < 4.78 is 24.3. The van der Waals surface area contributed by atoms with Crippen molar-refractivity contribution in [2.24, 2.45) is 0 Å². The summed E-state index contributed by atoms with van der Waals surface area (Å²) in [7, 11) is 0. The number of aromatic amines is 1. The second-order valence-corrected chi connectivity index (χ2v) is 4.54. The van der Waals surface area contributed by atoms with Crippen molar-refractivity contribution in [1.29, 1.82) is 5.41 Å². The normalized spacial score (nSPS) is 11.4. The van der Waals surface area contributed by atoms with E-state index in [1.807, 2.05) is 6.26 Å². The van der Waals surface area contributed by atoms with Gasteiger partial charge in [-0.3, -0.25) is 5.41 Å². The van der Waals surface area contributed by atoms with Crippen molar-refractivity contribution < 1.29 is 8.78 Å². The molecule has 2 N–H and O–H groups in total. The molecule has 0 saturated heterocycles. The monoisotopic (exact) mass is 295 g/mol. The lowest BCUT2D eigenvalue weighted by atomic mass is 10.3. The molecule has 20 heavy (non-hydrogen) atoms. The molecule has 0 saturated carbocycles. The van der Waals surface area contributed by atoms with Crippen LogP contribution in [-0.4, -0.2) is 38.3 Å². The number of H-pyrrole nitrogens is 1. The zero-order valence-electron chi connectivity index (χ0n) is 10.5. The fourth-order valence-corrected chi connectivity index (χ4v) is 1.77. The summed E-state index contributed by atoms with van der Waals surface area (Å²) in [6.07, 6.45) is 4.47. The number of halogens is 2. The van der Waals surface area contributed by atoms with Crippen LogP contribution in [0.3, 0.4) is 0 Å². The summed E-state index contributed by atoms with van der Waals surface area (Å²) >= 11 is 1.49. The third-order valence-electron chi connectivity index (χ3n) is 2.38. The van der Waals surface area contributed by atoms with Gasteiger partial charge in [-0.2, -0.15) is 0 Å². The van der Waals surface area contributed by atoms with Crippen LogP contribution in [-0.2, 0) is 0 Å². The Bertz CT molecular complexity index is 638. The van der Waals surface area contributed by atoms with Gasteiger partial charge in [-0.15, -0.1) is 11.8 Å². The van der Waals surface area contributed by atoms with E-state index in [4.69, 9.17) is 5.41 Å². The van der Waals surface area contributed by atoms with Crippen LogP contribution < -0.4 is 0 Å². The summed E-state index contributed by atoms with van der Waals surface area (Å²) in [5.41, 5.74) is 0.570.